The molecule has 0 bridgehead atoms. The Morgan fingerprint density at radius 2 is 1.05 bits per heavy atom. The monoisotopic (exact) mass is 898 g/mol. The van der Waals surface area contributed by atoms with Crippen molar-refractivity contribution in [3.8, 4) is 34.0 Å². The number of amides is 2. The molecule has 6 heterocycles. The van der Waals surface area contributed by atoms with Gasteiger partial charge in [-0.25, -0.2) is 9.97 Å². The molecule has 22 heteroatoms. The molecule has 4 aromatic heterocycles. The normalized spacial score (nSPS) is 16.4. The highest BCUT2D eigenvalue weighted by molar-refractivity contribution is 6.21. The molecule has 2 atom stereocenters. The first-order valence-electron chi connectivity index (χ1n) is 18.8. The third kappa shape index (κ3) is 11.5. The van der Waals surface area contributed by atoms with E-state index < -0.39 is 35.2 Å². The van der Waals surface area contributed by atoms with Gasteiger partial charge in [-0.05, 0) is 85.6 Å². The van der Waals surface area contributed by atoms with E-state index in [0.717, 1.165) is 0 Å². The highest BCUT2D eigenvalue weighted by atomic mass is 35.5. The predicted octanol–water partition coefficient (Wildman–Crippen LogP) is 6.93. The lowest BCUT2D eigenvalue weighted by Gasteiger charge is -2.20. The second kappa shape index (κ2) is 18.6. The van der Waals surface area contributed by atoms with Gasteiger partial charge in [-0.15, -0.1) is 17.6 Å². The van der Waals surface area contributed by atoms with Crippen molar-refractivity contribution in [2.45, 2.75) is 36.2 Å². The lowest BCUT2D eigenvalue weighted by molar-refractivity contribution is -0.0972. The van der Waals surface area contributed by atoms with Crippen molar-refractivity contribution >= 4 is 58.0 Å². The molecule has 8 rings (SSSR count). The number of hydrogen-bond donors (Lipinski definition) is 6. The van der Waals surface area contributed by atoms with Crippen LogP contribution >= 0.6 is 23.2 Å². The Labute approximate surface area is 359 Å². The number of alkyl halides is 6. The van der Waals surface area contributed by atoms with Gasteiger partial charge < -0.3 is 40.1 Å². The van der Waals surface area contributed by atoms with E-state index in [1.165, 1.54) is 60.9 Å². The number of benzene rings is 2. The van der Waals surface area contributed by atoms with Crippen LogP contribution in [-0.4, -0.2) is 102 Å². The van der Waals surface area contributed by atoms with Crippen molar-refractivity contribution in [2.24, 2.45) is 0 Å². The van der Waals surface area contributed by atoms with Gasteiger partial charge in [0.15, 0.2) is 0 Å². The number of nitrogens with one attached hydrogen (secondary N) is 4. The van der Waals surface area contributed by atoms with Crippen LogP contribution in [0.2, 0.25) is 0 Å². The quantitative estimate of drug-likeness (QED) is 0.0547. The summed E-state index contributed by atoms with van der Waals surface area (Å²) in [6.07, 6.45) is 6.51. The maximum atomic E-state index is 12.7. The Hall–Kier alpha value is -6.48. The highest BCUT2D eigenvalue weighted by Gasteiger charge is 2.29. The SMILES string of the molecule is O=C(Nc1ccc(OC(F)(F)Cl)cc1)c1cnc(N2CC[C@@H](O)C2)c(-c2ccn[nH]2)c1.O=C(Nc1ccc(OC(F)(F)Cl)cc1)c1cnc(N2CC[C@@H](O)C2)c(-c2ccn[nH]2)c1. The zero-order chi connectivity index (χ0) is 44.0. The number of β-amino-alcohol motifs (C(OH)–C–C–N with tert-alkyl or cyclic N) is 2. The molecule has 2 fully saturated rings. The van der Waals surface area contributed by atoms with Gasteiger partial charge in [0.1, 0.15) is 23.1 Å². The number of H-pyrrole nitrogens is 2. The van der Waals surface area contributed by atoms with Crippen molar-refractivity contribution < 1.29 is 46.8 Å². The number of halogens is 6. The Morgan fingerprint density at radius 1 is 0.661 bits per heavy atom. The standard InChI is InChI=1S/2C20H18ClF2N5O3/c2*21-20(22,23)31-15-3-1-13(2-4-15)26-19(30)12-9-16(17-5-7-25-27-17)18(24-10-12)28-8-6-14(29)11-28/h2*1-5,7,9-10,14,29H,6,8,11H2,(H,25,27)(H,26,30)/t2*14-/m11/s1. The Kier molecular flexibility index (Phi) is 13.1. The van der Waals surface area contributed by atoms with Crippen LogP contribution in [0.1, 0.15) is 33.6 Å². The highest BCUT2D eigenvalue weighted by Crippen LogP contribution is 2.33. The number of hydrogen-bond acceptors (Lipinski definition) is 12. The molecule has 62 heavy (non-hydrogen) atoms. The Morgan fingerprint density at radius 3 is 1.35 bits per heavy atom. The smallest absolute Gasteiger partial charge is 0.420 e. The molecule has 16 nitrogen and oxygen atoms in total. The number of aromatic amines is 2. The van der Waals surface area contributed by atoms with E-state index in [4.69, 9.17) is 23.2 Å². The van der Waals surface area contributed by atoms with Gasteiger partial charge in [-0.2, -0.15) is 10.2 Å². The molecular weight excluding hydrogens is 863 g/mol. The number of nitrogens with zero attached hydrogens (tertiary/aromatic N) is 6. The lowest BCUT2D eigenvalue weighted by atomic mass is 10.1. The number of ether oxygens (including phenoxy) is 2. The summed E-state index contributed by atoms with van der Waals surface area (Å²) in [7, 11) is 0. The number of pyridine rings is 2. The number of rotatable bonds is 12. The van der Waals surface area contributed by atoms with Gasteiger partial charge in [0, 0.05) is 96.7 Å². The minimum atomic E-state index is -3.81. The fraction of sp³-hybridized carbons (Fsp3) is 0.250. The largest absolute Gasteiger partial charge is 0.487 e. The predicted molar refractivity (Wildman–Crippen MR) is 221 cm³/mol. The lowest BCUT2D eigenvalue weighted by Crippen LogP contribution is -2.23. The van der Waals surface area contributed by atoms with Gasteiger partial charge in [0.05, 0.1) is 34.7 Å². The average molecular weight is 900 g/mol. The number of carbonyl (C=O) groups is 2. The van der Waals surface area contributed by atoms with Gasteiger partial charge in [-0.1, -0.05) is 0 Å². The molecule has 2 aromatic carbocycles. The maximum absolute atomic E-state index is 12.7. The summed E-state index contributed by atoms with van der Waals surface area (Å²) < 4.78 is 59.3. The summed E-state index contributed by atoms with van der Waals surface area (Å²) in [5.41, 5.74) is -3.57. The number of aromatic nitrogens is 6. The van der Waals surface area contributed by atoms with Crippen LogP contribution in [-0.2, 0) is 0 Å². The number of aliphatic hydroxyl groups excluding tert-OH is 2. The van der Waals surface area contributed by atoms with Crippen LogP contribution in [0.3, 0.4) is 0 Å². The van der Waals surface area contributed by atoms with Gasteiger partial charge in [-0.3, -0.25) is 19.8 Å². The molecule has 0 unspecified atom stereocenters. The molecule has 6 N–H and O–H groups in total. The van der Waals surface area contributed by atoms with Crippen molar-refractivity contribution in [1.29, 1.82) is 0 Å². The first kappa shape index (κ1) is 43.6. The first-order chi connectivity index (χ1) is 29.6. The first-order valence-corrected chi connectivity index (χ1v) is 19.5. The van der Waals surface area contributed by atoms with E-state index in [-0.39, 0.29) is 11.5 Å². The van der Waals surface area contributed by atoms with Crippen LogP contribution < -0.4 is 29.9 Å². The minimum Gasteiger partial charge on any atom is -0.420 e. The third-order valence-corrected chi connectivity index (χ3v) is 9.61. The van der Waals surface area contributed by atoms with Crippen molar-refractivity contribution in [3.63, 3.8) is 0 Å². The zero-order valence-corrected chi connectivity index (χ0v) is 33.6. The van der Waals surface area contributed by atoms with E-state index >= 15 is 0 Å². The summed E-state index contributed by atoms with van der Waals surface area (Å²) in [6, 6.07) is 17.6. The average Bonchev–Trinajstić information content (AvgIpc) is 4.08. The van der Waals surface area contributed by atoms with Crippen molar-refractivity contribution in [2.75, 3.05) is 46.6 Å². The third-order valence-electron chi connectivity index (χ3n) is 9.46. The number of carbonyl (C=O) groups excluding carboxylic acids is 2. The molecular formula is C40H36Cl2F4N10O6. The molecule has 0 spiro atoms. The number of aliphatic hydroxyl groups is 2. The molecule has 2 aliphatic heterocycles. The summed E-state index contributed by atoms with van der Waals surface area (Å²) in [6.45, 7) is 2.21. The molecule has 2 saturated heterocycles. The van der Waals surface area contributed by atoms with Crippen LogP contribution in [0.5, 0.6) is 11.5 Å². The van der Waals surface area contributed by atoms with E-state index in [0.29, 0.717) is 95.7 Å². The maximum Gasteiger partial charge on any atom is 0.487 e. The van der Waals surface area contributed by atoms with E-state index in [9.17, 15) is 37.4 Å². The van der Waals surface area contributed by atoms with Crippen molar-refractivity contribution in [3.05, 3.63) is 109 Å². The summed E-state index contributed by atoms with van der Waals surface area (Å²) >= 11 is 9.48. The molecule has 2 aliphatic rings. The summed E-state index contributed by atoms with van der Waals surface area (Å²) in [5.74, 6) is 0.133. The van der Waals surface area contributed by atoms with Crippen LogP contribution in [0.25, 0.3) is 22.5 Å². The Balaban J connectivity index is 0.000000186. The van der Waals surface area contributed by atoms with Crippen molar-refractivity contribution in [1.82, 2.24) is 30.4 Å². The Bertz CT molecular complexity index is 2290. The topological polar surface area (TPSA) is 207 Å². The minimum absolute atomic E-state index is 0.140. The summed E-state index contributed by atoms with van der Waals surface area (Å²) in [4.78, 5) is 38.3. The van der Waals surface area contributed by atoms with Gasteiger partial charge >= 0.3 is 11.1 Å². The molecule has 6 aromatic rings. The van der Waals surface area contributed by atoms with Crippen LogP contribution in [0, 0.1) is 0 Å². The molecule has 0 aliphatic carbocycles. The van der Waals surface area contributed by atoms with Gasteiger partial charge in [0.2, 0.25) is 0 Å². The fourth-order valence-electron chi connectivity index (χ4n) is 6.63. The number of anilines is 4. The van der Waals surface area contributed by atoms with Crippen LogP contribution in [0.15, 0.2) is 97.6 Å². The second-order valence-corrected chi connectivity index (χ2v) is 14.8. The van der Waals surface area contributed by atoms with E-state index in [2.05, 4.69) is 50.5 Å². The molecule has 2 amide bonds. The molecule has 0 radical (unpaired) electrons. The van der Waals surface area contributed by atoms with Gasteiger partial charge in [0.25, 0.3) is 11.8 Å². The summed E-state index contributed by atoms with van der Waals surface area (Å²) in [5, 5.41) is 38.8. The van der Waals surface area contributed by atoms with E-state index in [1.54, 1.807) is 36.7 Å². The fourth-order valence-corrected chi connectivity index (χ4v) is 6.81. The molecule has 324 valence electrons. The second-order valence-electron chi connectivity index (χ2n) is 14.0. The molecule has 0 saturated carbocycles. The van der Waals surface area contributed by atoms with Crippen LogP contribution in [0.4, 0.5) is 40.6 Å². The van der Waals surface area contributed by atoms with E-state index in [1.807, 2.05) is 9.80 Å². The zero-order valence-electron chi connectivity index (χ0n) is 32.1.